The number of hydrogen-bond donors (Lipinski definition) is 3. The molecule has 0 fully saturated rings. The molecule has 1 aromatic rings. The van der Waals surface area contributed by atoms with Crippen molar-refractivity contribution >= 4 is 23.4 Å². The van der Waals surface area contributed by atoms with E-state index >= 15 is 0 Å². The lowest BCUT2D eigenvalue weighted by atomic mass is 10.2. The average Bonchev–Trinajstić information content (AvgIpc) is 2.38. The smallest absolute Gasteiger partial charge is 0.128 e. The van der Waals surface area contributed by atoms with Gasteiger partial charge < -0.3 is 15.7 Å². The van der Waals surface area contributed by atoms with Crippen LogP contribution in [-0.2, 0) is 0 Å². The Morgan fingerprint density at radius 1 is 1.39 bits per heavy atom. The number of thioether (sulfide) groups is 1. The molecular weight excluding hydrogens is 246 g/mol. The van der Waals surface area contributed by atoms with E-state index in [1.54, 1.807) is 11.8 Å². The van der Waals surface area contributed by atoms with Gasteiger partial charge in [0.1, 0.15) is 11.6 Å². The normalized spacial score (nSPS) is 14.0. The van der Waals surface area contributed by atoms with Gasteiger partial charge in [0.15, 0.2) is 0 Å². The first-order chi connectivity index (χ1) is 8.71. The number of anilines is 2. The highest BCUT2D eigenvalue weighted by Crippen LogP contribution is 2.16. The van der Waals surface area contributed by atoms with E-state index in [1.165, 1.54) is 0 Å². The van der Waals surface area contributed by atoms with E-state index in [0.29, 0.717) is 0 Å². The number of aliphatic hydroxyl groups excluding tert-OH is 1. The molecule has 1 heterocycles. The molecule has 0 saturated heterocycles. The van der Waals surface area contributed by atoms with E-state index in [4.69, 9.17) is 0 Å². The molecule has 4 nitrogen and oxygen atoms in total. The summed E-state index contributed by atoms with van der Waals surface area (Å²) in [7, 11) is 0. The van der Waals surface area contributed by atoms with Crippen molar-refractivity contribution in [3.8, 4) is 0 Å². The summed E-state index contributed by atoms with van der Waals surface area (Å²) >= 11 is 1.66. The monoisotopic (exact) mass is 269 g/mol. The van der Waals surface area contributed by atoms with Crippen LogP contribution in [0.5, 0.6) is 0 Å². The van der Waals surface area contributed by atoms with Crippen molar-refractivity contribution in [2.24, 2.45) is 0 Å². The fourth-order valence-corrected chi connectivity index (χ4v) is 2.25. The molecule has 0 aromatic carbocycles. The number of hydrogen-bond acceptors (Lipinski definition) is 5. The quantitative estimate of drug-likeness (QED) is 0.677. The maximum Gasteiger partial charge on any atom is 0.128 e. The van der Waals surface area contributed by atoms with Crippen molar-refractivity contribution in [3.05, 3.63) is 18.2 Å². The van der Waals surface area contributed by atoms with Crippen molar-refractivity contribution < 1.29 is 5.11 Å². The number of nitrogens with zero attached hydrogens (tertiary/aromatic N) is 1. The van der Waals surface area contributed by atoms with Crippen molar-refractivity contribution in [3.63, 3.8) is 0 Å². The Labute approximate surface area is 114 Å². The highest BCUT2D eigenvalue weighted by molar-refractivity contribution is 7.99. The zero-order valence-electron chi connectivity index (χ0n) is 11.3. The van der Waals surface area contributed by atoms with Crippen LogP contribution in [0.2, 0.25) is 0 Å². The van der Waals surface area contributed by atoms with E-state index in [-0.39, 0.29) is 17.9 Å². The lowest BCUT2D eigenvalue weighted by Crippen LogP contribution is -2.31. The second-order valence-electron chi connectivity index (χ2n) is 4.22. The lowest BCUT2D eigenvalue weighted by Gasteiger charge is -2.22. The molecule has 0 spiro atoms. The molecule has 0 amide bonds. The molecule has 0 bridgehead atoms. The van der Waals surface area contributed by atoms with Gasteiger partial charge in [-0.05, 0) is 31.7 Å². The zero-order valence-corrected chi connectivity index (χ0v) is 12.1. The summed E-state index contributed by atoms with van der Waals surface area (Å²) in [4.78, 5) is 4.49. The van der Waals surface area contributed by atoms with Crippen LogP contribution in [-0.4, -0.2) is 40.8 Å². The molecule has 3 N–H and O–H groups in total. The molecule has 1 rings (SSSR count). The van der Waals surface area contributed by atoms with Crippen LogP contribution in [0.4, 0.5) is 11.6 Å². The third-order valence-corrected chi connectivity index (χ3v) is 3.88. The first-order valence-corrected chi connectivity index (χ1v) is 7.61. The number of pyridine rings is 1. The molecule has 5 heteroatoms. The van der Waals surface area contributed by atoms with Crippen LogP contribution in [0.25, 0.3) is 0 Å². The van der Waals surface area contributed by atoms with E-state index in [1.807, 2.05) is 24.5 Å². The van der Waals surface area contributed by atoms with Gasteiger partial charge in [0.2, 0.25) is 0 Å². The van der Waals surface area contributed by atoms with Gasteiger partial charge in [-0.2, -0.15) is 11.8 Å². The van der Waals surface area contributed by atoms with E-state index in [9.17, 15) is 5.11 Å². The number of aliphatic hydroxyl groups is 1. The predicted molar refractivity (Wildman–Crippen MR) is 80.5 cm³/mol. The van der Waals surface area contributed by atoms with Gasteiger partial charge in [0.25, 0.3) is 0 Å². The van der Waals surface area contributed by atoms with Crippen LogP contribution in [0.1, 0.15) is 20.3 Å². The van der Waals surface area contributed by atoms with E-state index < -0.39 is 0 Å². The highest BCUT2D eigenvalue weighted by Gasteiger charge is 2.15. The molecule has 0 aliphatic heterocycles. The molecule has 0 aliphatic carbocycles. The van der Waals surface area contributed by atoms with Gasteiger partial charge >= 0.3 is 0 Å². The van der Waals surface area contributed by atoms with Crippen LogP contribution in [0.15, 0.2) is 18.2 Å². The molecule has 102 valence electrons. The summed E-state index contributed by atoms with van der Waals surface area (Å²) in [6.45, 7) is 5.28. The zero-order chi connectivity index (χ0) is 13.4. The molecular formula is C13H23N3OS. The Hall–Kier alpha value is -0.940. The molecule has 2 unspecified atom stereocenters. The van der Waals surface area contributed by atoms with Crippen molar-refractivity contribution in [2.75, 3.05) is 30.0 Å². The highest BCUT2D eigenvalue weighted by atomic mass is 32.2. The number of nitrogens with one attached hydrogen (secondary N) is 2. The van der Waals surface area contributed by atoms with Crippen LogP contribution in [0, 0.1) is 0 Å². The minimum absolute atomic E-state index is 0.170. The molecule has 0 aliphatic rings. The SMILES string of the molecule is CCCNc1cccc(NC(C)C(CO)SC)n1. The Bertz CT molecular complexity index is 345. The second kappa shape index (κ2) is 8.21. The summed E-state index contributed by atoms with van der Waals surface area (Å²) in [5, 5.41) is 16.0. The summed E-state index contributed by atoms with van der Waals surface area (Å²) in [5.41, 5.74) is 0. The van der Waals surface area contributed by atoms with Crippen molar-refractivity contribution in [1.82, 2.24) is 4.98 Å². The van der Waals surface area contributed by atoms with Gasteiger partial charge in [-0.25, -0.2) is 4.98 Å². The first-order valence-electron chi connectivity index (χ1n) is 6.32. The van der Waals surface area contributed by atoms with Gasteiger partial charge in [-0.15, -0.1) is 0 Å². The number of aromatic nitrogens is 1. The van der Waals surface area contributed by atoms with Gasteiger partial charge in [0.05, 0.1) is 6.61 Å². The van der Waals surface area contributed by atoms with E-state index in [0.717, 1.165) is 24.6 Å². The first kappa shape index (κ1) is 15.1. The maximum absolute atomic E-state index is 9.25. The van der Waals surface area contributed by atoms with Gasteiger partial charge in [-0.3, -0.25) is 0 Å². The van der Waals surface area contributed by atoms with Gasteiger partial charge in [-0.1, -0.05) is 13.0 Å². The fraction of sp³-hybridized carbons (Fsp3) is 0.615. The topological polar surface area (TPSA) is 57.2 Å². The Balaban J connectivity index is 2.60. The van der Waals surface area contributed by atoms with E-state index in [2.05, 4.69) is 29.5 Å². The largest absolute Gasteiger partial charge is 0.395 e. The predicted octanol–water partition coefficient (Wildman–Crippen LogP) is 2.43. The summed E-state index contributed by atoms with van der Waals surface area (Å²) in [5.74, 6) is 1.73. The molecule has 2 atom stereocenters. The van der Waals surface area contributed by atoms with Crippen LogP contribution < -0.4 is 10.6 Å². The fourth-order valence-electron chi connectivity index (χ4n) is 1.63. The minimum atomic E-state index is 0.170. The Morgan fingerprint density at radius 3 is 2.72 bits per heavy atom. The van der Waals surface area contributed by atoms with Crippen molar-refractivity contribution in [1.29, 1.82) is 0 Å². The Morgan fingerprint density at radius 2 is 2.11 bits per heavy atom. The standard InChI is InChI=1S/C13H23N3OS/c1-4-8-14-12-6-5-7-13(16-12)15-10(2)11(9-17)18-3/h5-7,10-11,17H,4,8-9H2,1-3H3,(H2,14,15,16). The summed E-state index contributed by atoms with van der Waals surface area (Å²) in [6.07, 6.45) is 3.08. The average molecular weight is 269 g/mol. The third-order valence-electron chi connectivity index (χ3n) is 2.72. The summed E-state index contributed by atoms with van der Waals surface area (Å²) in [6, 6.07) is 6.07. The molecule has 0 radical (unpaired) electrons. The maximum atomic E-state index is 9.25. The molecule has 18 heavy (non-hydrogen) atoms. The minimum Gasteiger partial charge on any atom is -0.395 e. The summed E-state index contributed by atoms with van der Waals surface area (Å²) < 4.78 is 0. The van der Waals surface area contributed by atoms with Crippen LogP contribution in [0.3, 0.4) is 0 Å². The lowest BCUT2D eigenvalue weighted by molar-refractivity contribution is 0.288. The number of rotatable bonds is 8. The molecule has 1 aromatic heterocycles. The van der Waals surface area contributed by atoms with Crippen molar-refractivity contribution in [2.45, 2.75) is 31.6 Å². The van der Waals surface area contributed by atoms with Crippen LogP contribution >= 0.6 is 11.8 Å². The third kappa shape index (κ3) is 4.74. The second-order valence-corrected chi connectivity index (χ2v) is 5.30. The van der Waals surface area contributed by atoms with Gasteiger partial charge in [0, 0.05) is 17.8 Å². The Kier molecular flexibility index (Phi) is 6.90. The molecule has 0 saturated carbocycles.